The molecule has 0 atom stereocenters. The Morgan fingerprint density at radius 2 is 0.827 bits per heavy atom. The van der Waals surface area contributed by atoms with Crippen molar-refractivity contribution in [3.05, 3.63) is 188 Å². The molecular weight excluding hydrogens is 635 g/mol. The van der Waals surface area contributed by atoms with Crippen LogP contribution in [0.5, 0.6) is 0 Å². The fourth-order valence-electron chi connectivity index (χ4n) is 7.40. The second-order valence-corrected chi connectivity index (χ2v) is 13.1. The summed E-state index contributed by atoms with van der Waals surface area (Å²) in [6.07, 6.45) is 0. The van der Waals surface area contributed by atoms with Gasteiger partial charge in [0, 0.05) is 27.6 Å². The molecule has 0 aliphatic rings. The molecule has 244 valence electrons. The van der Waals surface area contributed by atoms with Gasteiger partial charge < -0.3 is 8.98 Å². The molecule has 52 heavy (non-hydrogen) atoms. The number of hydrogen-bond donors (Lipinski definition) is 0. The van der Waals surface area contributed by atoms with Crippen LogP contribution in [0.25, 0.3) is 94.6 Å². The zero-order valence-corrected chi connectivity index (χ0v) is 28.1. The lowest BCUT2D eigenvalue weighted by Gasteiger charge is -2.09. The Balaban J connectivity index is 0.996. The Kier molecular flexibility index (Phi) is 7.10. The quantitative estimate of drug-likeness (QED) is 0.178. The molecule has 2 heterocycles. The van der Waals surface area contributed by atoms with Gasteiger partial charge in [-0.3, -0.25) is 0 Å². The fourth-order valence-corrected chi connectivity index (χ4v) is 7.40. The molecule has 0 N–H and O–H groups in total. The molecule has 10 aromatic rings. The van der Waals surface area contributed by atoms with E-state index in [0.29, 0.717) is 11.8 Å². The Morgan fingerprint density at radius 1 is 0.346 bits per heavy atom. The molecule has 0 spiro atoms. The third kappa shape index (κ3) is 5.17. The van der Waals surface area contributed by atoms with Gasteiger partial charge >= 0.3 is 0 Å². The smallest absolute Gasteiger partial charge is 0.248 e. The van der Waals surface area contributed by atoms with Crippen LogP contribution in [0.15, 0.2) is 192 Å². The average molecular weight is 666 g/mol. The maximum Gasteiger partial charge on any atom is 0.248 e. The van der Waals surface area contributed by atoms with Gasteiger partial charge in [0.25, 0.3) is 0 Å². The lowest BCUT2D eigenvalue weighted by molar-refractivity contribution is 0.584. The number of benzene rings is 8. The van der Waals surface area contributed by atoms with Crippen molar-refractivity contribution in [2.24, 2.45) is 0 Å². The molecule has 4 nitrogen and oxygen atoms in total. The first-order valence-electron chi connectivity index (χ1n) is 17.5. The van der Waals surface area contributed by atoms with Crippen LogP contribution in [-0.2, 0) is 0 Å². The van der Waals surface area contributed by atoms with E-state index < -0.39 is 0 Å². The largest absolute Gasteiger partial charge is 0.416 e. The number of fused-ring (bicyclic) bond motifs is 4. The van der Waals surface area contributed by atoms with Crippen LogP contribution < -0.4 is 0 Å². The first-order chi connectivity index (χ1) is 25.8. The summed E-state index contributed by atoms with van der Waals surface area (Å²) in [5, 5.41) is 13.7. The highest BCUT2D eigenvalue weighted by atomic mass is 16.4. The van der Waals surface area contributed by atoms with E-state index >= 15 is 0 Å². The van der Waals surface area contributed by atoms with Gasteiger partial charge in [0.15, 0.2) is 0 Å². The standard InChI is InChI=1S/C48H31N3O/c1-3-10-32(11-4-1)38-24-28-45-43(30-38)44-31-39(33-12-5-2-6-13-33)25-29-46(44)51(45)40-26-22-37(23-27-40)48-50-49-47(52-48)36-20-18-35(19-21-36)42-17-9-15-34-14-7-8-16-41(34)42/h1-31H. The van der Waals surface area contributed by atoms with Crippen LogP contribution in [0.2, 0.25) is 0 Å². The number of hydrogen-bond acceptors (Lipinski definition) is 3. The molecule has 0 aliphatic heterocycles. The number of nitrogens with zero attached hydrogens (tertiary/aromatic N) is 3. The van der Waals surface area contributed by atoms with Crippen molar-refractivity contribution in [1.29, 1.82) is 0 Å². The van der Waals surface area contributed by atoms with E-state index in [0.717, 1.165) is 33.4 Å². The third-order valence-corrected chi connectivity index (χ3v) is 10.0. The lowest BCUT2D eigenvalue weighted by Crippen LogP contribution is -1.94. The van der Waals surface area contributed by atoms with Gasteiger partial charge in [-0.05, 0) is 105 Å². The predicted molar refractivity (Wildman–Crippen MR) is 213 cm³/mol. The van der Waals surface area contributed by atoms with Gasteiger partial charge in [0.05, 0.1) is 11.0 Å². The second kappa shape index (κ2) is 12.4. The van der Waals surface area contributed by atoms with E-state index in [2.05, 4.69) is 191 Å². The summed E-state index contributed by atoms with van der Waals surface area (Å²) in [6, 6.07) is 66.3. The van der Waals surface area contributed by atoms with Gasteiger partial charge in [-0.15, -0.1) is 10.2 Å². The topological polar surface area (TPSA) is 43.9 Å². The van der Waals surface area contributed by atoms with Gasteiger partial charge in [-0.2, -0.15) is 0 Å². The van der Waals surface area contributed by atoms with Crippen LogP contribution in [0.3, 0.4) is 0 Å². The number of rotatable bonds is 6. The SMILES string of the molecule is c1ccc(-c2ccc3c(c2)c2cc(-c4ccccc4)ccc2n3-c2ccc(-c3nnc(-c4ccc(-c5cccc6ccccc56)cc4)o3)cc2)cc1. The van der Waals surface area contributed by atoms with Crippen molar-refractivity contribution in [3.8, 4) is 62.0 Å². The lowest BCUT2D eigenvalue weighted by atomic mass is 9.97. The highest BCUT2D eigenvalue weighted by molar-refractivity contribution is 6.11. The summed E-state index contributed by atoms with van der Waals surface area (Å²) in [6.45, 7) is 0. The summed E-state index contributed by atoms with van der Waals surface area (Å²) in [5.41, 5.74) is 12.3. The maximum atomic E-state index is 6.22. The van der Waals surface area contributed by atoms with Crippen LogP contribution >= 0.6 is 0 Å². The van der Waals surface area contributed by atoms with Crippen molar-refractivity contribution >= 4 is 32.6 Å². The molecule has 4 heteroatoms. The first kappa shape index (κ1) is 29.8. The van der Waals surface area contributed by atoms with Gasteiger partial charge in [0.1, 0.15) is 0 Å². The van der Waals surface area contributed by atoms with Crippen molar-refractivity contribution in [2.45, 2.75) is 0 Å². The summed E-state index contributed by atoms with van der Waals surface area (Å²) >= 11 is 0. The van der Waals surface area contributed by atoms with Gasteiger partial charge in [-0.25, -0.2) is 0 Å². The first-order valence-corrected chi connectivity index (χ1v) is 17.5. The highest BCUT2D eigenvalue weighted by Crippen LogP contribution is 2.38. The van der Waals surface area contributed by atoms with E-state index in [1.807, 2.05) is 12.1 Å². The van der Waals surface area contributed by atoms with E-state index in [1.165, 1.54) is 49.4 Å². The van der Waals surface area contributed by atoms with Gasteiger partial charge in [-0.1, -0.05) is 127 Å². The van der Waals surface area contributed by atoms with Crippen LogP contribution in [0.4, 0.5) is 0 Å². The minimum atomic E-state index is 0.488. The molecule has 2 aromatic heterocycles. The van der Waals surface area contributed by atoms with E-state index in [1.54, 1.807) is 0 Å². The molecule has 0 amide bonds. The zero-order chi connectivity index (χ0) is 34.4. The monoisotopic (exact) mass is 665 g/mol. The third-order valence-electron chi connectivity index (χ3n) is 10.0. The summed E-state index contributed by atoms with van der Waals surface area (Å²) in [5.74, 6) is 0.983. The maximum absolute atomic E-state index is 6.22. The molecule has 0 aliphatic carbocycles. The molecule has 0 saturated heterocycles. The molecule has 0 radical (unpaired) electrons. The minimum Gasteiger partial charge on any atom is -0.416 e. The van der Waals surface area contributed by atoms with Crippen molar-refractivity contribution in [3.63, 3.8) is 0 Å². The van der Waals surface area contributed by atoms with Crippen molar-refractivity contribution in [2.75, 3.05) is 0 Å². The molecule has 0 fully saturated rings. The average Bonchev–Trinajstić information content (AvgIpc) is 3.85. The molecule has 0 bridgehead atoms. The molecule has 8 aromatic carbocycles. The van der Waals surface area contributed by atoms with Crippen LogP contribution in [-0.4, -0.2) is 14.8 Å². The molecule has 0 unspecified atom stereocenters. The zero-order valence-electron chi connectivity index (χ0n) is 28.1. The van der Waals surface area contributed by atoms with Gasteiger partial charge in [0.2, 0.25) is 11.8 Å². The summed E-state index contributed by atoms with van der Waals surface area (Å²) < 4.78 is 8.57. The number of aromatic nitrogens is 3. The van der Waals surface area contributed by atoms with Crippen LogP contribution in [0.1, 0.15) is 0 Å². The molecule has 0 saturated carbocycles. The Labute approximate surface area is 300 Å². The van der Waals surface area contributed by atoms with Crippen LogP contribution in [0, 0.1) is 0 Å². The molecule has 10 rings (SSSR count). The highest BCUT2D eigenvalue weighted by Gasteiger charge is 2.16. The Hall–Kier alpha value is -7.04. The predicted octanol–water partition coefficient (Wildman–Crippen LogP) is 12.7. The fraction of sp³-hybridized carbons (Fsp3) is 0. The Bertz CT molecular complexity index is 2770. The second-order valence-electron chi connectivity index (χ2n) is 13.1. The van der Waals surface area contributed by atoms with E-state index in [-0.39, 0.29) is 0 Å². The normalized spacial score (nSPS) is 11.5. The Morgan fingerprint density at radius 3 is 1.42 bits per heavy atom. The summed E-state index contributed by atoms with van der Waals surface area (Å²) in [4.78, 5) is 0. The summed E-state index contributed by atoms with van der Waals surface area (Å²) in [7, 11) is 0. The van der Waals surface area contributed by atoms with E-state index in [9.17, 15) is 0 Å². The molecular formula is C48H31N3O. The minimum absolute atomic E-state index is 0.488. The van der Waals surface area contributed by atoms with Crippen molar-refractivity contribution < 1.29 is 4.42 Å². The van der Waals surface area contributed by atoms with Crippen molar-refractivity contribution in [1.82, 2.24) is 14.8 Å². The van der Waals surface area contributed by atoms with E-state index in [4.69, 9.17) is 4.42 Å².